The Morgan fingerprint density at radius 2 is 2.12 bits per heavy atom. The minimum Gasteiger partial charge on any atom is -0.331 e. The van der Waals surface area contributed by atoms with Gasteiger partial charge < -0.3 is 4.90 Å². The summed E-state index contributed by atoms with van der Waals surface area (Å²) in [6.07, 6.45) is 2.93. The summed E-state index contributed by atoms with van der Waals surface area (Å²) >= 11 is 0. The Bertz CT molecular complexity index is 1050. The monoisotopic (exact) mass is 340 g/mol. The van der Waals surface area contributed by atoms with Crippen LogP contribution in [0.2, 0.25) is 0 Å². The number of aromatic amines is 2. The van der Waals surface area contributed by atoms with E-state index in [2.05, 4.69) is 20.2 Å². The second-order valence-electron chi connectivity index (χ2n) is 6.00. The number of hydrogen-bond acceptors (Lipinski definition) is 5. The summed E-state index contributed by atoms with van der Waals surface area (Å²) in [5.41, 5.74) is -0.0449. The van der Waals surface area contributed by atoms with E-state index < -0.39 is 5.69 Å². The average molecular weight is 340 g/mol. The van der Waals surface area contributed by atoms with Crippen LogP contribution >= 0.6 is 0 Å². The van der Waals surface area contributed by atoms with Gasteiger partial charge in [0, 0.05) is 6.54 Å². The van der Waals surface area contributed by atoms with Crippen LogP contribution in [-0.2, 0) is 11.3 Å². The van der Waals surface area contributed by atoms with Gasteiger partial charge >= 0.3 is 5.69 Å². The number of aromatic nitrogens is 5. The van der Waals surface area contributed by atoms with Gasteiger partial charge in [-0.1, -0.05) is 12.1 Å². The largest absolute Gasteiger partial charge is 0.340 e. The minimum atomic E-state index is -0.399. The van der Waals surface area contributed by atoms with Gasteiger partial charge in [0.2, 0.25) is 5.91 Å². The van der Waals surface area contributed by atoms with Crippen LogP contribution in [-0.4, -0.2) is 42.1 Å². The number of fused-ring (bicyclic) bond motifs is 1. The highest BCUT2D eigenvalue weighted by Gasteiger charge is 2.32. The van der Waals surface area contributed by atoms with Crippen molar-refractivity contribution in [3.63, 3.8) is 0 Å². The SMILES string of the molecule is O=C(Cn1cnc2ccccc2c1=O)N1CCC[C@H]1c1n[nH]c(=O)[nH]1. The Kier molecular flexibility index (Phi) is 3.68. The fraction of sp³-hybridized carbons (Fsp3) is 0.312. The molecular formula is C16H16N6O3. The van der Waals surface area contributed by atoms with E-state index >= 15 is 0 Å². The topological polar surface area (TPSA) is 117 Å². The molecule has 2 aromatic heterocycles. The summed E-state index contributed by atoms with van der Waals surface area (Å²) in [5.74, 6) is 0.241. The molecular weight excluding hydrogens is 324 g/mol. The normalized spacial score (nSPS) is 17.3. The van der Waals surface area contributed by atoms with Crippen molar-refractivity contribution in [2.45, 2.75) is 25.4 Å². The molecule has 1 atom stereocenters. The Labute approximate surface area is 141 Å². The zero-order chi connectivity index (χ0) is 17.4. The third kappa shape index (κ3) is 2.73. The molecule has 1 fully saturated rings. The van der Waals surface area contributed by atoms with Gasteiger partial charge in [-0.25, -0.2) is 14.9 Å². The third-order valence-electron chi connectivity index (χ3n) is 4.45. The Hall–Kier alpha value is -3.23. The number of hydrogen-bond donors (Lipinski definition) is 2. The molecule has 3 heterocycles. The lowest BCUT2D eigenvalue weighted by Gasteiger charge is -2.23. The van der Waals surface area contributed by atoms with Crippen LogP contribution < -0.4 is 11.2 Å². The van der Waals surface area contributed by atoms with Crippen molar-refractivity contribution in [1.29, 1.82) is 0 Å². The van der Waals surface area contributed by atoms with Crippen molar-refractivity contribution >= 4 is 16.8 Å². The summed E-state index contributed by atoms with van der Waals surface area (Å²) in [6, 6.07) is 6.74. The number of para-hydroxylation sites is 1. The molecule has 9 heteroatoms. The van der Waals surface area contributed by atoms with E-state index in [9.17, 15) is 14.4 Å². The van der Waals surface area contributed by atoms with E-state index in [0.717, 1.165) is 12.8 Å². The Morgan fingerprint density at radius 3 is 2.92 bits per heavy atom. The van der Waals surface area contributed by atoms with Crippen LogP contribution in [0.5, 0.6) is 0 Å². The van der Waals surface area contributed by atoms with Gasteiger partial charge in [-0.15, -0.1) is 0 Å². The molecule has 0 unspecified atom stereocenters. The summed E-state index contributed by atoms with van der Waals surface area (Å²) in [4.78, 5) is 45.0. The van der Waals surface area contributed by atoms with Gasteiger partial charge in [0.1, 0.15) is 6.54 Å². The van der Waals surface area contributed by atoms with Crippen LogP contribution in [0.25, 0.3) is 10.9 Å². The molecule has 1 saturated heterocycles. The average Bonchev–Trinajstić information content (AvgIpc) is 3.26. The molecule has 1 aromatic carbocycles. The molecule has 1 aliphatic rings. The second kappa shape index (κ2) is 6.00. The molecule has 128 valence electrons. The maximum absolute atomic E-state index is 12.7. The number of H-pyrrole nitrogens is 2. The maximum atomic E-state index is 12.7. The van der Waals surface area contributed by atoms with Crippen molar-refractivity contribution in [3.05, 3.63) is 57.3 Å². The molecule has 0 bridgehead atoms. The molecule has 0 radical (unpaired) electrons. The fourth-order valence-corrected chi connectivity index (χ4v) is 3.25. The Balaban J connectivity index is 1.60. The number of likely N-dealkylation sites (tertiary alicyclic amines) is 1. The summed E-state index contributed by atoms with van der Waals surface area (Å²) in [6.45, 7) is 0.468. The molecule has 1 amide bonds. The first kappa shape index (κ1) is 15.3. The second-order valence-corrected chi connectivity index (χ2v) is 6.00. The standard InChI is InChI=1S/C16H16N6O3/c23-13(22-7-3-6-12(22)14-18-16(25)20-19-14)8-21-9-17-11-5-2-1-4-10(11)15(21)24/h1-2,4-5,9,12H,3,6-8H2,(H2,18,19,20,25)/t12-/m0/s1. The molecule has 25 heavy (non-hydrogen) atoms. The molecule has 0 aliphatic carbocycles. The lowest BCUT2D eigenvalue weighted by Crippen LogP contribution is -2.36. The fourth-order valence-electron chi connectivity index (χ4n) is 3.25. The lowest BCUT2D eigenvalue weighted by molar-refractivity contribution is -0.133. The number of nitrogens with zero attached hydrogens (tertiary/aromatic N) is 4. The van der Waals surface area contributed by atoms with Crippen molar-refractivity contribution in [2.75, 3.05) is 6.54 Å². The zero-order valence-electron chi connectivity index (χ0n) is 13.3. The van der Waals surface area contributed by atoms with Crippen molar-refractivity contribution in [1.82, 2.24) is 29.6 Å². The number of nitrogens with one attached hydrogen (secondary N) is 2. The highest BCUT2D eigenvalue weighted by molar-refractivity contribution is 5.79. The van der Waals surface area contributed by atoms with Crippen LogP contribution in [0.15, 0.2) is 40.2 Å². The summed E-state index contributed by atoms with van der Waals surface area (Å²) < 4.78 is 1.31. The molecule has 3 aromatic rings. The zero-order valence-corrected chi connectivity index (χ0v) is 13.3. The first-order valence-corrected chi connectivity index (χ1v) is 8.02. The van der Waals surface area contributed by atoms with Crippen LogP contribution in [0.4, 0.5) is 0 Å². The van der Waals surface area contributed by atoms with Gasteiger partial charge in [0.25, 0.3) is 5.56 Å². The molecule has 9 nitrogen and oxygen atoms in total. The highest BCUT2D eigenvalue weighted by Crippen LogP contribution is 2.29. The van der Waals surface area contributed by atoms with E-state index in [4.69, 9.17) is 0 Å². The van der Waals surface area contributed by atoms with Gasteiger partial charge in [-0.3, -0.25) is 19.1 Å². The molecule has 1 aliphatic heterocycles. The van der Waals surface area contributed by atoms with Crippen molar-refractivity contribution < 1.29 is 4.79 Å². The molecule has 4 rings (SSSR count). The first-order chi connectivity index (χ1) is 12.1. The van der Waals surface area contributed by atoms with E-state index in [1.54, 1.807) is 23.1 Å². The van der Waals surface area contributed by atoms with E-state index in [1.807, 2.05) is 6.07 Å². The quantitative estimate of drug-likeness (QED) is 0.705. The van der Waals surface area contributed by atoms with Gasteiger partial charge in [-0.2, -0.15) is 5.10 Å². The summed E-state index contributed by atoms with van der Waals surface area (Å²) in [5, 5.41) is 6.73. The van der Waals surface area contributed by atoms with E-state index in [1.165, 1.54) is 10.9 Å². The number of amides is 1. The lowest BCUT2D eigenvalue weighted by atomic mass is 10.2. The van der Waals surface area contributed by atoms with E-state index in [0.29, 0.717) is 23.3 Å². The first-order valence-electron chi connectivity index (χ1n) is 8.02. The molecule has 0 saturated carbocycles. The van der Waals surface area contributed by atoms with Gasteiger partial charge in [0.05, 0.1) is 23.3 Å². The predicted octanol–water partition coefficient (Wildman–Crippen LogP) is 0.172. The summed E-state index contributed by atoms with van der Waals surface area (Å²) in [7, 11) is 0. The molecule has 0 spiro atoms. The predicted molar refractivity (Wildman–Crippen MR) is 88.9 cm³/mol. The van der Waals surface area contributed by atoms with E-state index in [-0.39, 0.29) is 24.1 Å². The number of benzene rings is 1. The van der Waals surface area contributed by atoms with Gasteiger partial charge in [-0.05, 0) is 25.0 Å². The van der Waals surface area contributed by atoms with Crippen LogP contribution in [0.3, 0.4) is 0 Å². The number of carbonyl (C=O) groups excluding carboxylic acids is 1. The Morgan fingerprint density at radius 1 is 1.28 bits per heavy atom. The molecule has 2 N–H and O–H groups in total. The smallest absolute Gasteiger partial charge is 0.331 e. The van der Waals surface area contributed by atoms with Crippen molar-refractivity contribution in [3.8, 4) is 0 Å². The minimum absolute atomic E-state index is 0.0954. The van der Waals surface area contributed by atoms with Crippen LogP contribution in [0.1, 0.15) is 24.7 Å². The highest BCUT2D eigenvalue weighted by atomic mass is 16.2. The maximum Gasteiger partial charge on any atom is 0.340 e. The number of rotatable bonds is 3. The number of carbonyl (C=O) groups is 1. The van der Waals surface area contributed by atoms with Crippen LogP contribution in [0, 0.1) is 0 Å². The third-order valence-corrected chi connectivity index (χ3v) is 4.45. The van der Waals surface area contributed by atoms with Gasteiger partial charge in [0.15, 0.2) is 5.82 Å². The van der Waals surface area contributed by atoms with Crippen molar-refractivity contribution in [2.24, 2.45) is 0 Å².